The van der Waals surface area contributed by atoms with Crippen LogP contribution in [0.15, 0.2) is 30.4 Å². The predicted octanol–water partition coefficient (Wildman–Crippen LogP) is 0.992. The summed E-state index contributed by atoms with van der Waals surface area (Å²) in [5.41, 5.74) is 1.00. The molecule has 5 heteroatoms. The lowest BCUT2D eigenvalue weighted by Crippen LogP contribution is -2.40. The average Bonchev–Trinajstić information content (AvgIpc) is 2.90. The van der Waals surface area contributed by atoms with E-state index in [-0.39, 0.29) is 11.9 Å². The first-order valence-corrected chi connectivity index (χ1v) is 6.89. The minimum absolute atomic E-state index is 0.00846. The van der Waals surface area contributed by atoms with Crippen LogP contribution in [0.5, 0.6) is 11.5 Å². The van der Waals surface area contributed by atoms with Crippen molar-refractivity contribution in [2.45, 2.75) is 19.0 Å². The quantitative estimate of drug-likeness (QED) is 0.807. The zero-order valence-electron chi connectivity index (χ0n) is 11.2. The Morgan fingerprint density at radius 2 is 2.15 bits per heavy atom. The van der Waals surface area contributed by atoms with Crippen molar-refractivity contribution in [3.05, 3.63) is 35.9 Å². The maximum atomic E-state index is 11.9. The first kappa shape index (κ1) is 13.0. The van der Waals surface area contributed by atoms with Gasteiger partial charge in [0.15, 0.2) is 11.5 Å². The van der Waals surface area contributed by atoms with Gasteiger partial charge in [0.2, 0.25) is 5.91 Å². The molecule has 0 spiro atoms. The lowest BCUT2D eigenvalue weighted by Gasteiger charge is -2.12. The Morgan fingerprint density at radius 1 is 1.30 bits per heavy atom. The number of carbonyl (C=O) groups is 1. The van der Waals surface area contributed by atoms with Crippen molar-refractivity contribution in [1.29, 1.82) is 0 Å². The number of ether oxygens (including phenoxy) is 2. The number of benzene rings is 1. The fourth-order valence-electron chi connectivity index (χ4n) is 2.26. The molecule has 0 fully saturated rings. The van der Waals surface area contributed by atoms with Gasteiger partial charge in [-0.1, -0.05) is 18.2 Å². The summed E-state index contributed by atoms with van der Waals surface area (Å²) in [5, 5.41) is 6.00. The molecular weight excluding hydrogens is 256 g/mol. The van der Waals surface area contributed by atoms with Crippen LogP contribution in [0, 0.1) is 0 Å². The molecule has 20 heavy (non-hydrogen) atoms. The van der Waals surface area contributed by atoms with Crippen LogP contribution in [0.1, 0.15) is 12.0 Å². The van der Waals surface area contributed by atoms with E-state index in [0.717, 1.165) is 30.0 Å². The maximum absolute atomic E-state index is 11.9. The first-order chi connectivity index (χ1) is 9.83. The number of nitrogens with one attached hydrogen (secondary N) is 2. The monoisotopic (exact) mass is 274 g/mol. The summed E-state index contributed by atoms with van der Waals surface area (Å²) >= 11 is 0. The molecule has 1 amide bonds. The van der Waals surface area contributed by atoms with Gasteiger partial charge in [-0.25, -0.2) is 0 Å². The van der Waals surface area contributed by atoms with Gasteiger partial charge >= 0.3 is 0 Å². The Hall–Kier alpha value is -2.01. The van der Waals surface area contributed by atoms with E-state index < -0.39 is 0 Å². The molecule has 0 aromatic heterocycles. The van der Waals surface area contributed by atoms with E-state index in [4.69, 9.17) is 9.47 Å². The van der Waals surface area contributed by atoms with Crippen molar-refractivity contribution in [2.75, 3.05) is 19.8 Å². The van der Waals surface area contributed by atoms with Crippen molar-refractivity contribution < 1.29 is 14.3 Å². The molecule has 2 N–H and O–H groups in total. The summed E-state index contributed by atoms with van der Waals surface area (Å²) in [7, 11) is 0. The Kier molecular flexibility index (Phi) is 3.87. The molecule has 3 rings (SSSR count). The van der Waals surface area contributed by atoms with Crippen molar-refractivity contribution in [2.24, 2.45) is 0 Å². The zero-order chi connectivity index (χ0) is 13.8. The molecule has 5 nitrogen and oxygen atoms in total. The third kappa shape index (κ3) is 2.93. The maximum Gasteiger partial charge on any atom is 0.241 e. The van der Waals surface area contributed by atoms with Crippen LogP contribution >= 0.6 is 0 Å². The van der Waals surface area contributed by atoms with Crippen LogP contribution in [-0.2, 0) is 11.3 Å². The van der Waals surface area contributed by atoms with Crippen LogP contribution in [-0.4, -0.2) is 31.7 Å². The molecular formula is C15H18N2O3. The van der Waals surface area contributed by atoms with E-state index in [1.54, 1.807) is 0 Å². The molecule has 0 bridgehead atoms. The Balaban J connectivity index is 1.61. The highest BCUT2D eigenvalue weighted by Crippen LogP contribution is 2.30. The van der Waals surface area contributed by atoms with Crippen LogP contribution in [0.4, 0.5) is 0 Å². The van der Waals surface area contributed by atoms with Crippen LogP contribution in [0.3, 0.4) is 0 Å². The third-order valence-electron chi connectivity index (χ3n) is 3.35. The fourth-order valence-corrected chi connectivity index (χ4v) is 2.26. The van der Waals surface area contributed by atoms with E-state index in [2.05, 4.69) is 10.6 Å². The van der Waals surface area contributed by atoms with Crippen molar-refractivity contribution >= 4 is 5.91 Å². The lowest BCUT2D eigenvalue weighted by atomic mass is 10.2. The molecule has 2 aliphatic heterocycles. The molecule has 0 saturated heterocycles. The van der Waals surface area contributed by atoms with Crippen molar-refractivity contribution in [1.82, 2.24) is 10.6 Å². The van der Waals surface area contributed by atoms with Crippen LogP contribution < -0.4 is 20.1 Å². The van der Waals surface area contributed by atoms with Gasteiger partial charge in [-0.05, 0) is 17.7 Å². The highest BCUT2D eigenvalue weighted by molar-refractivity contribution is 5.84. The standard InChI is InChI=1S/C15H18N2O3/c18-15(12-3-1-6-16-12)17-10-11-4-5-13-14(9-11)20-8-2-7-19-13/h1,3-5,9,12,16H,2,6-8,10H2,(H,17,18)/t12-/m1/s1. The molecule has 106 valence electrons. The number of carbonyl (C=O) groups excluding carboxylic acids is 1. The van der Waals surface area contributed by atoms with E-state index >= 15 is 0 Å². The number of hydrogen-bond donors (Lipinski definition) is 2. The Bertz CT molecular complexity index is 528. The van der Waals surface area contributed by atoms with E-state index in [9.17, 15) is 4.79 Å². The molecule has 0 unspecified atom stereocenters. The molecule has 0 aliphatic carbocycles. The number of hydrogen-bond acceptors (Lipinski definition) is 4. The predicted molar refractivity (Wildman–Crippen MR) is 74.8 cm³/mol. The molecule has 1 aromatic carbocycles. The van der Waals surface area contributed by atoms with Gasteiger partial charge in [-0.3, -0.25) is 10.1 Å². The molecule has 1 aromatic rings. The normalized spacial score (nSPS) is 20.5. The summed E-state index contributed by atoms with van der Waals surface area (Å²) in [5.74, 6) is 1.52. The number of fused-ring (bicyclic) bond motifs is 1. The topological polar surface area (TPSA) is 59.6 Å². The molecule has 2 aliphatic rings. The second kappa shape index (κ2) is 5.96. The summed E-state index contributed by atoms with van der Waals surface area (Å²) < 4.78 is 11.2. The number of amides is 1. The smallest absolute Gasteiger partial charge is 0.241 e. The van der Waals surface area contributed by atoms with Gasteiger partial charge in [-0.2, -0.15) is 0 Å². The second-order valence-electron chi connectivity index (χ2n) is 4.86. The lowest BCUT2D eigenvalue weighted by molar-refractivity contribution is -0.122. The second-order valence-corrected chi connectivity index (χ2v) is 4.86. The van der Waals surface area contributed by atoms with Gasteiger partial charge in [0.05, 0.1) is 13.2 Å². The molecule has 1 atom stereocenters. The van der Waals surface area contributed by atoms with Crippen LogP contribution in [0.25, 0.3) is 0 Å². The largest absolute Gasteiger partial charge is 0.490 e. The average molecular weight is 274 g/mol. The highest BCUT2D eigenvalue weighted by atomic mass is 16.5. The SMILES string of the molecule is O=C(NCc1ccc2c(c1)OCCCO2)[C@H]1C=CCN1. The van der Waals surface area contributed by atoms with Gasteiger partial charge in [0, 0.05) is 19.5 Å². The van der Waals surface area contributed by atoms with E-state index in [1.165, 1.54) is 0 Å². The molecule has 0 saturated carbocycles. The summed E-state index contributed by atoms with van der Waals surface area (Å²) in [4.78, 5) is 11.9. The summed E-state index contributed by atoms with van der Waals surface area (Å²) in [6, 6.07) is 5.57. The first-order valence-electron chi connectivity index (χ1n) is 6.89. The van der Waals surface area contributed by atoms with Crippen molar-refractivity contribution in [3.63, 3.8) is 0 Å². The van der Waals surface area contributed by atoms with Gasteiger partial charge in [0.1, 0.15) is 6.04 Å². The summed E-state index contributed by atoms with van der Waals surface area (Å²) in [6.07, 6.45) is 4.72. The minimum Gasteiger partial charge on any atom is -0.490 e. The Labute approximate surface area is 118 Å². The third-order valence-corrected chi connectivity index (χ3v) is 3.35. The molecule has 2 heterocycles. The van der Waals surface area contributed by atoms with Gasteiger partial charge < -0.3 is 14.8 Å². The van der Waals surface area contributed by atoms with E-state index in [1.807, 2.05) is 30.4 Å². The molecule has 0 radical (unpaired) electrons. The van der Waals surface area contributed by atoms with Crippen LogP contribution in [0.2, 0.25) is 0 Å². The van der Waals surface area contributed by atoms with Crippen molar-refractivity contribution in [3.8, 4) is 11.5 Å². The highest BCUT2D eigenvalue weighted by Gasteiger charge is 2.17. The van der Waals surface area contributed by atoms with Gasteiger partial charge in [-0.15, -0.1) is 0 Å². The Morgan fingerprint density at radius 3 is 2.95 bits per heavy atom. The number of rotatable bonds is 3. The van der Waals surface area contributed by atoms with E-state index in [0.29, 0.717) is 19.8 Å². The summed E-state index contributed by atoms with van der Waals surface area (Å²) in [6.45, 7) is 2.59. The fraction of sp³-hybridized carbons (Fsp3) is 0.400. The minimum atomic E-state index is -0.213. The zero-order valence-corrected chi connectivity index (χ0v) is 11.2. The van der Waals surface area contributed by atoms with Gasteiger partial charge in [0.25, 0.3) is 0 Å².